The average molecular weight is 294 g/mol. The maximum Gasteiger partial charge on any atom is 0.220 e. The van der Waals surface area contributed by atoms with Gasteiger partial charge in [0, 0.05) is 16.3 Å². The van der Waals surface area contributed by atoms with Crippen LogP contribution in [-0.4, -0.2) is 5.91 Å². The first kappa shape index (κ1) is 14.1. The summed E-state index contributed by atoms with van der Waals surface area (Å²) in [5.74, 6) is 0.0563. The van der Waals surface area contributed by atoms with Crippen LogP contribution in [0.5, 0.6) is 0 Å². The Balaban J connectivity index is 1.87. The molecule has 2 aromatic rings. The van der Waals surface area contributed by atoms with E-state index in [4.69, 9.17) is 11.6 Å². The molecule has 100 valence electrons. The normalized spacial score (nSPS) is 12.1. The van der Waals surface area contributed by atoms with Crippen molar-refractivity contribution < 1.29 is 4.79 Å². The molecule has 1 aromatic heterocycles. The van der Waals surface area contributed by atoms with E-state index in [9.17, 15) is 4.79 Å². The number of carbonyl (C=O) groups is 1. The first-order valence-electron chi connectivity index (χ1n) is 6.23. The molecule has 1 N–H and O–H groups in total. The zero-order chi connectivity index (χ0) is 13.7. The maximum atomic E-state index is 11.9. The third-order valence-corrected chi connectivity index (χ3v) is 4.21. The van der Waals surface area contributed by atoms with E-state index in [-0.39, 0.29) is 11.9 Å². The van der Waals surface area contributed by atoms with Crippen LogP contribution in [0.4, 0.5) is 0 Å². The number of thiophene rings is 1. The number of hydrogen-bond donors (Lipinski definition) is 1. The van der Waals surface area contributed by atoms with Gasteiger partial charge in [-0.3, -0.25) is 4.79 Å². The molecule has 1 atom stereocenters. The molecule has 0 spiro atoms. The molecular weight excluding hydrogens is 278 g/mol. The first-order valence-corrected chi connectivity index (χ1v) is 7.49. The Kier molecular flexibility index (Phi) is 5.00. The summed E-state index contributed by atoms with van der Waals surface area (Å²) in [6, 6.07) is 11.6. The Labute approximate surface area is 122 Å². The van der Waals surface area contributed by atoms with Crippen molar-refractivity contribution in [3.05, 3.63) is 57.2 Å². The van der Waals surface area contributed by atoms with Crippen molar-refractivity contribution in [2.75, 3.05) is 0 Å². The Morgan fingerprint density at radius 2 is 2.11 bits per heavy atom. The van der Waals surface area contributed by atoms with Crippen LogP contribution in [-0.2, 0) is 11.2 Å². The van der Waals surface area contributed by atoms with Gasteiger partial charge in [-0.25, -0.2) is 0 Å². The molecule has 2 nitrogen and oxygen atoms in total. The monoisotopic (exact) mass is 293 g/mol. The van der Waals surface area contributed by atoms with Gasteiger partial charge < -0.3 is 5.32 Å². The SMILES string of the molecule is CC(NC(=O)CCc1cccs1)c1ccccc1Cl. The summed E-state index contributed by atoms with van der Waals surface area (Å²) in [6.45, 7) is 1.95. The predicted molar refractivity (Wildman–Crippen MR) is 80.6 cm³/mol. The van der Waals surface area contributed by atoms with Crippen LogP contribution in [0, 0.1) is 0 Å². The Hall–Kier alpha value is -1.32. The molecule has 0 fully saturated rings. The van der Waals surface area contributed by atoms with Gasteiger partial charge in [0.15, 0.2) is 0 Å². The Morgan fingerprint density at radius 1 is 1.32 bits per heavy atom. The number of rotatable bonds is 5. The molecule has 0 bridgehead atoms. The van der Waals surface area contributed by atoms with Crippen LogP contribution in [0.15, 0.2) is 41.8 Å². The van der Waals surface area contributed by atoms with Gasteiger partial charge in [0.25, 0.3) is 0 Å². The molecule has 4 heteroatoms. The van der Waals surface area contributed by atoms with Crippen molar-refractivity contribution >= 4 is 28.8 Å². The molecule has 19 heavy (non-hydrogen) atoms. The lowest BCUT2D eigenvalue weighted by Gasteiger charge is -2.15. The summed E-state index contributed by atoms with van der Waals surface area (Å²) < 4.78 is 0. The molecule has 0 radical (unpaired) electrons. The topological polar surface area (TPSA) is 29.1 Å². The molecule has 1 amide bonds. The molecule has 2 rings (SSSR count). The highest BCUT2D eigenvalue weighted by molar-refractivity contribution is 7.09. The van der Waals surface area contributed by atoms with E-state index in [2.05, 4.69) is 11.4 Å². The molecule has 0 saturated heterocycles. The highest BCUT2D eigenvalue weighted by Gasteiger charge is 2.12. The third kappa shape index (κ3) is 4.08. The van der Waals surface area contributed by atoms with Crippen LogP contribution >= 0.6 is 22.9 Å². The first-order chi connectivity index (χ1) is 9.16. The molecule has 0 aliphatic heterocycles. The van der Waals surface area contributed by atoms with Crippen LogP contribution in [0.1, 0.15) is 29.8 Å². The van der Waals surface area contributed by atoms with E-state index in [1.54, 1.807) is 11.3 Å². The van der Waals surface area contributed by atoms with Crippen molar-refractivity contribution in [1.82, 2.24) is 5.32 Å². The maximum absolute atomic E-state index is 11.9. The van der Waals surface area contributed by atoms with E-state index < -0.39 is 0 Å². The van der Waals surface area contributed by atoms with E-state index in [0.29, 0.717) is 11.4 Å². The lowest BCUT2D eigenvalue weighted by Crippen LogP contribution is -2.26. The van der Waals surface area contributed by atoms with Crippen LogP contribution in [0.2, 0.25) is 5.02 Å². The minimum Gasteiger partial charge on any atom is -0.350 e. The second-order valence-corrected chi connectivity index (χ2v) is 5.83. The van der Waals surface area contributed by atoms with Gasteiger partial charge in [0.2, 0.25) is 5.91 Å². The number of carbonyl (C=O) groups excluding carboxylic acids is 1. The smallest absolute Gasteiger partial charge is 0.220 e. The number of amides is 1. The summed E-state index contributed by atoms with van der Waals surface area (Å²) in [5.41, 5.74) is 0.952. The number of benzene rings is 1. The van der Waals surface area contributed by atoms with Gasteiger partial charge in [-0.05, 0) is 36.4 Å². The van der Waals surface area contributed by atoms with Gasteiger partial charge in [0.05, 0.1) is 6.04 Å². The van der Waals surface area contributed by atoms with Crippen molar-refractivity contribution in [1.29, 1.82) is 0 Å². The minimum atomic E-state index is -0.0652. The van der Waals surface area contributed by atoms with Gasteiger partial charge in [-0.15, -0.1) is 11.3 Å². The predicted octanol–water partition coefficient (Wildman–Crippen LogP) is 4.21. The van der Waals surface area contributed by atoms with Crippen LogP contribution in [0.3, 0.4) is 0 Å². The fourth-order valence-electron chi connectivity index (χ4n) is 1.91. The molecule has 1 unspecified atom stereocenters. The van der Waals surface area contributed by atoms with Gasteiger partial charge >= 0.3 is 0 Å². The van der Waals surface area contributed by atoms with Gasteiger partial charge in [0.1, 0.15) is 0 Å². The number of halogens is 1. The Bertz CT molecular complexity index is 539. The summed E-state index contributed by atoms with van der Waals surface area (Å²) in [6.07, 6.45) is 1.30. The second-order valence-electron chi connectivity index (χ2n) is 4.39. The molecular formula is C15H16ClNOS. The van der Waals surface area contributed by atoms with E-state index in [1.165, 1.54) is 4.88 Å². The molecule has 0 saturated carbocycles. The second kappa shape index (κ2) is 6.73. The van der Waals surface area contributed by atoms with Crippen molar-refractivity contribution in [2.45, 2.75) is 25.8 Å². The fraction of sp³-hybridized carbons (Fsp3) is 0.267. The molecule has 1 heterocycles. The van der Waals surface area contributed by atoms with Gasteiger partial charge in [-0.2, -0.15) is 0 Å². The molecule has 1 aromatic carbocycles. The lowest BCUT2D eigenvalue weighted by atomic mass is 10.1. The van der Waals surface area contributed by atoms with Crippen LogP contribution in [0.25, 0.3) is 0 Å². The van der Waals surface area contributed by atoms with Gasteiger partial charge in [-0.1, -0.05) is 35.9 Å². The highest BCUT2D eigenvalue weighted by Crippen LogP contribution is 2.22. The van der Waals surface area contributed by atoms with Crippen LogP contribution < -0.4 is 5.32 Å². The number of hydrogen-bond acceptors (Lipinski definition) is 2. The summed E-state index contributed by atoms with van der Waals surface area (Å²) in [4.78, 5) is 13.1. The quantitative estimate of drug-likeness (QED) is 0.879. The van der Waals surface area contributed by atoms with E-state index >= 15 is 0 Å². The number of nitrogens with one attached hydrogen (secondary N) is 1. The molecule has 0 aliphatic carbocycles. The largest absolute Gasteiger partial charge is 0.350 e. The number of aryl methyl sites for hydroxylation is 1. The summed E-state index contributed by atoms with van der Waals surface area (Å²) in [7, 11) is 0. The molecule has 0 aliphatic rings. The zero-order valence-corrected chi connectivity index (χ0v) is 12.3. The highest BCUT2D eigenvalue weighted by atomic mass is 35.5. The Morgan fingerprint density at radius 3 is 2.79 bits per heavy atom. The zero-order valence-electron chi connectivity index (χ0n) is 10.7. The minimum absolute atomic E-state index is 0.0563. The van der Waals surface area contributed by atoms with E-state index in [0.717, 1.165) is 12.0 Å². The van der Waals surface area contributed by atoms with Crippen molar-refractivity contribution in [2.24, 2.45) is 0 Å². The third-order valence-electron chi connectivity index (χ3n) is 2.93. The fourth-order valence-corrected chi connectivity index (χ4v) is 2.92. The summed E-state index contributed by atoms with van der Waals surface area (Å²) >= 11 is 7.79. The van der Waals surface area contributed by atoms with E-state index in [1.807, 2.05) is 42.6 Å². The van der Waals surface area contributed by atoms with Crippen molar-refractivity contribution in [3.8, 4) is 0 Å². The summed E-state index contributed by atoms with van der Waals surface area (Å²) in [5, 5.41) is 5.70. The average Bonchev–Trinajstić information content (AvgIpc) is 2.90. The van der Waals surface area contributed by atoms with Crippen molar-refractivity contribution in [3.63, 3.8) is 0 Å². The standard InChI is InChI=1S/C15H16ClNOS/c1-11(13-6-2-3-7-14(13)16)17-15(18)9-8-12-5-4-10-19-12/h2-7,10-11H,8-9H2,1H3,(H,17,18). The lowest BCUT2D eigenvalue weighted by molar-refractivity contribution is -0.121.